The van der Waals surface area contributed by atoms with Crippen molar-refractivity contribution >= 4 is 33.4 Å². The summed E-state index contributed by atoms with van der Waals surface area (Å²) in [4.78, 5) is 24.5. The average molecular weight is 450 g/mol. The van der Waals surface area contributed by atoms with Crippen LogP contribution in [-0.2, 0) is 14.8 Å². The number of rotatable bonds is 6. The summed E-state index contributed by atoms with van der Waals surface area (Å²) in [5.74, 6) is -0.865. The second kappa shape index (κ2) is 9.29. The zero-order chi connectivity index (χ0) is 21.9. The molecule has 0 amide bonds. The van der Waals surface area contributed by atoms with Gasteiger partial charge in [-0.2, -0.15) is 4.31 Å². The van der Waals surface area contributed by atoms with Gasteiger partial charge >= 0.3 is 5.97 Å². The van der Waals surface area contributed by atoms with E-state index in [-0.39, 0.29) is 27.2 Å². The summed E-state index contributed by atoms with van der Waals surface area (Å²) in [6.07, 6.45) is 1.75. The molecule has 0 aromatic heterocycles. The number of aryl methyl sites for hydroxylation is 1. The molecule has 0 aliphatic carbocycles. The van der Waals surface area contributed by atoms with Crippen molar-refractivity contribution in [2.24, 2.45) is 5.92 Å². The molecule has 3 rings (SSSR count). The molecule has 1 aliphatic heterocycles. The number of carbonyl (C=O) groups excluding carboxylic acids is 2. The minimum atomic E-state index is -3.83. The van der Waals surface area contributed by atoms with Gasteiger partial charge in [-0.3, -0.25) is 4.79 Å². The molecule has 0 N–H and O–H groups in total. The lowest BCUT2D eigenvalue weighted by molar-refractivity contribution is 0.0474. The van der Waals surface area contributed by atoms with Crippen LogP contribution in [-0.4, -0.2) is 44.2 Å². The highest BCUT2D eigenvalue weighted by Crippen LogP contribution is 2.29. The summed E-state index contributed by atoms with van der Waals surface area (Å²) < 4.78 is 32.6. The number of benzene rings is 2. The maximum atomic E-state index is 13.0. The van der Waals surface area contributed by atoms with Crippen molar-refractivity contribution in [1.82, 2.24) is 4.31 Å². The zero-order valence-corrected chi connectivity index (χ0v) is 18.5. The number of halogens is 1. The molecule has 0 bridgehead atoms. The maximum absolute atomic E-state index is 13.0. The third-order valence-corrected chi connectivity index (χ3v) is 7.46. The number of hydrogen-bond acceptors (Lipinski definition) is 5. The molecule has 0 spiro atoms. The Bertz CT molecular complexity index is 1050. The highest BCUT2D eigenvalue weighted by Gasteiger charge is 2.31. The Labute approximate surface area is 181 Å². The molecule has 2 aromatic rings. The van der Waals surface area contributed by atoms with Crippen LogP contribution in [0.5, 0.6) is 0 Å². The standard InChI is InChI=1S/C22H24ClNO5S/c1-15-5-7-17(8-6-15)20(25)14-29-22(26)18-9-10-19(23)21(12-18)30(27,28)24-11-3-4-16(2)13-24/h5-10,12,16H,3-4,11,13-14H2,1-2H3. The fourth-order valence-electron chi connectivity index (χ4n) is 3.37. The van der Waals surface area contributed by atoms with Gasteiger partial charge in [0, 0.05) is 18.7 Å². The second-order valence-electron chi connectivity index (χ2n) is 7.62. The fraction of sp³-hybridized carbons (Fsp3) is 0.364. The van der Waals surface area contributed by atoms with E-state index in [0.717, 1.165) is 18.4 Å². The zero-order valence-electron chi connectivity index (χ0n) is 16.9. The van der Waals surface area contributed by atoms with Crippen molar-refractivity contribution in [3.63, 3.8) is 0 Å². The number of sulfonamides is 1. The molecule has 1 unspecified atom stereocenters. The Hall–Kier alpha value is -2.22. The number of esters is 1. The van der Waals surface area contributed by atoms with E-state index in [0.29, 0.717) is 18.7 Å². The summed E-state index contributed by atoms with van der Waals surface area (Å²) in [5, 5.41) is 0.0421. The van der Waals surface area contributed by atoms with Gasteiger partial charge in [-0.15, -0.1) is 0 Å². The Morgan fingerprint density at radius 2 is 1.80 bits per heavy atom. The van der Waals surface area contributed by atoms with Crippen molar-refractivity contribution in [2.45, 2.75) is 31.6 Å². The highest BCUT2D eigenvalue weighted by molar-refractivity contribution is 7.89. The van der Waals surface area contributed by atoms with Crippen LogP contribution in [0.2, 0.25) is 5.02 Å². The first-order valence-electron chi connectivity index (χ1n) is 9.75. The first-order chi connectivity index (χ1) is 14.2. The molecule has 1 heterocycles. The minimum absolute atomic E-state index is 0.0275. The van der Waals surface area contributed by atoms with Crippen molar-refractivity contribution in [3.05, 3.63) is 64.2 Å². The molecule has 6 nitrogen and oxygen atoms in total. The van der Waals surface area contributed by atoms with Gasteiger partial charge in [0.15, 0.2) is 12.4 Å². The smallest absolute Gasteiger partial charge is 0.338 e. The lowest BCUT2D eigenvalue weighted by Gasteiger charge is -2.30. The van der Waals surface area contributed by atoms with E-state index in [2.05, 4.69) is 0 Å². The largest absolute Gasteiger partial charge is 0.454 e. The lowest BCUT2D eigenvalue weighted by atomic mass is 10.0. The van der Waals surface area contributed by atoms with E-state index in [1.807, 2.05) is 13.8 Å². The molecular weight excluding hydrogens is 426 g/mol. The normalized spacial score (nSPS) is 17.5. The molecule has 2 aromatic carbocycles. The first kappa shape index (κ1) is 22.5. The number of carbonyl (C=O) groups is 2. The first-order valence-corrected chi connectivity index (χ1v) is 11.6. The van der Waals surface area contributed by atoms with Gasteiger partial charge in [-0.05, 0) is 43.9 Å². The van der Waals surface area contributed by atoms with Crippen molar-refractivity contribution in [2.75, 3.05) is 19.7 Å². The number of Topliss-reactive ketones (excluding diaryl/α,β-unsaturated/α-hetero) is 1. The molecule has 0 saturated carbocycles. The van der Waals surface area contributed by atoms with Crippen molar-refractivity contribution in [1.29, 1.82) is 0 Å². The van der Waals surface area contributed by atoms with Gasteiger partial charge in [0.25, 0.3) is 0 Å². The average Bonchev–Trinajstić information content (AvgIpc) is 2.72. The summed E-state index contributed by atoms with van der Waals surface area (Å²) in [5.41, 5.74) is 1.48. The van der Waals surface area contributed by atoms with E-state index < -0.39 is 22.6 Å². The van der Waals surface area contributed by atoms with Crippen LogP contribution >= 0.6 is 11.6 Å². The Kier molecular flexibility index (Phi) is 6.95. The molecule has 1 fully saturated rings. The van der Waals surface area contributed by atoms with Crippen molar-refractivity contribution < 1.29 is 22.7 Å². The monoisotopic (exact) mass is 449 g/mol. The molecule has 160 valence electrons. The van der Waals surface area contributed by atoms with Crippen LogP contribution in [0.15, 0.2) is 47.4 Å². The fourth-order valence-corrected chi connectivity index (χ4v) is 5.47. The number of ether oxygens (including phenoxy) is 1. The number of hydrogen-bond donors (Lipinski definition) is 0. The van der Waals surface area contributed by atoms with Crippen molar-refractivity contribution in [3.8, 4) is 0 Å². The van der Waals surface area contributed by atoms with Gasteiger partial charge < -0.3 is 4.74 Å². The van der Waals surface area contributed by atoms with Crippen LogP contribution in [0.4, 0.5) is 0 Å². The molecule has 0 radical (unpaired) electrons. The summed E-state index contributed by atoms with van der Waals surface area (Å²) in [6.45, 7) is 4.31. The highest BCUT2D eigenvalue weighted by atomic mass is 35.5. The Morgan fingerprint density at radius 1 is 1.13 bits per heavy atom. The third-order valence-electron chi connectivity index (χ3n) is 5.11. The molecule has 8 heteroatoms. The molecule has 30 heavy (non-hydrogen) atoms. The third kappa shape index (κ3) is 5.09. The van der Waals surface area contributed by atoms with Crippen LogP contribution in [0.3, 0.4) is 0 Å². The van der Waals surface area contributed by atoms with E-state index in [1.54, 1.807) is 24.3 Å². The van der Waals surface area contributed by atoms with E-state index in [4.69, 9.17) is 16.3 Å². The molecular formula is C22H24ClNO5S. The number of piperidine rings is 1. The van der Waals surface area contributed by atoms with Crippen LogP contribution in [0.1, 0.15) is 46.0 Å². The van der Waals surface area contributed by atoms with Crippen LogP contribution in [0, 0.1) is 12.8 Å². The number of nitrogens with zero attached hydrogens (tertiary/aromatic N) is 1. The molecule has 1 atom stereocenters. The summed E-state index contributed by atoms with van der Waals surface area (Å²) in [7, 11) is -3.83. The SMILES string of the molecule is Cc1ccc(C(=O)COC(=O)c2ccc(Cl)c(S(=O)(=O)N3CCCC(C)C3)c2)cc1. The van der Waals surface area contributed by atoms with E-state index >= 15 is 0 Å². The van der Waals surface area contributed by atoms with Gasteiger partial charge in [-0.1, -0.05) is 48.4 Å². The Balaban J connectivity index is 1.74. The topological polar surface area (TPSA) is 80.8 Å². The summed E-state index contributed by atoms with van der Waals surface area (Å²) >= 11 is 6.15. The maximum Gasteiger partial charge on any atom is 0.338 e. The van der Waals surface area contributed by atoms with E-state index in [1.165, 1.54) is 22.5 Å². The minimum Gasteiger partial charge on any atom is -0.454 e. The van der Waals surface area contributed by atoms with Gasteiger partial charge in [-0.25, -0.2) is 13.2 Å². The van der Waals surface area contributed by atoms with Gasteiger partial charge in [0.2, 0.25) is 10.0 Å². The molecule has 1 saturated heterocycles. The second-order valence-corrected chi connectivity index (χ2v) is 9.93. The van der Waals surface area contributed by atoms with Crippen LogP contribution < -0.4 is 0 Å². The lowest BCUT2D eigenvalue weighted by Crippen LogP contribution is -2.39. The van der Waals surface area contributed by atoms with Gasteiger partial charge in [0.05, 0.1) is 10.6 Å². The van der Waals surface area contributed by atoms with Crippen LogP contribution in [0.25, 0.3) is 0 Å². The van der Waals surface area contributed by atoms with E-state index in [9.17, 15) is 18.0 Å². The predicted octanol–water partition coefficient (Wildman–Crippen LogP) is 4.11. The van der Waals surface area contributed by atoms with Gasteiger partial charge in [0.1, 0.15) is 4.90 Å². The Morgan fingerprint density at radius 3 is 2.47 bits per heavy atom. The molecule has 1 aliphatic rings. The quantitative estimate of drug-likeness (QED) is 0.489. The number of ketones is 1. The predicted molar refractivity (Wildman–Crippen MR) is 114 cm³/mol. The summed E-state index contributed by atoms with van der Waals surface area (Å²) in [6, 6.07) is 10.9.